The van der Waals surface area contributed by atoms with E-state index in [0.717, 1.165) is 11.3 Å². The number of aromatic nitrogens is 7. The molecule has 6 aromatic rings. The number of hydrogen-bond donors (Lipinski definition) is 1. The van der Waals surface area contributed by atoms with Gasteiger partial charge in [0.05, 0.1) is 40.6 Å². The quantitative estimate of drug-likeness (QED) is 0.351. The average molecular weight is 529 g/mol. The highest BCUT2D eigenvalue weighted by atomic mass is 16.2. The summed E-state index contributed by atoms with van der Waals surface area (Å²) in [5.74, 6) is 6.21. The Morgan fingerprint density at radius 1 is 1.00 bits per heavy atom. The molecular weight excluding hydrogens is 504 g/mol. The summed E-state index contributed by atoms with van der Waals surface area (Å²) in [4.78, 5) is 36.7. The first-order valence-corrected chi connectivity index (χ1v) is 12.6. The van der Waals surface area contributed by atoms with Gasteiger partial charge in [0.1, 0.15) is 11.4 Å². The summed E-state index contributed by atoms with van der Waals surface area (Å²) in [5.41, 5.74) is 3.76. The first-order valence-electron chi connectivity index (χ1n) is 12.6. The van der Waals surface area contributed by atoms with Crippen molar-refractivity contribution < 1.29 is 4.79 Å². The molecule has 10 nitrogen and oxygen atoms in total. The summed E-state index contributed by atoms with van der Waals surface area (Å²) >= 11 is 0. The van der Waals surface area contributed by atoms with Crippen molar-refractivity contribution in [2.45, 2.75) is 19.9 Å². The van der Waals surface area contributed by atoms with Gasteiger partial charge in [0.2, 0.25) is 0 Å². The third-order valence-electron chi connectivity index (χ3n) is 6.55. The van der Waals surface area contributed by atoms with Gasteiger partial charge < -0.3 is 5.32 Å². The molecule has 4 heterocycles. The van der Waals surface area contributed by atoms with E-state index in [-0.39, 0.29) is 11.5 Å². The number of benzene rings is 2. The number of nitrogens with one attached hydrogen (secondary N) is 1. The van der Waals surface area contributed by atoms with Crippen molar-refractivity contribution in [3.05, 3.63) is 118 Å². The highest BCUT2D eigenvalue weighted by molar-refractivity contribution is 5.99. The fraction of sp³-hybridized carbons (Fsp3) is 0.133. The number of amides is 1. The van der Waals surface area contributed by atoms with E-state index in [2.05, 4.69) is 32.3 Å². The maximum Gasteiger partial charge on any atom is 0.267 e. The second-order valence-corrected chi connectivity index (χ2v) is 9.37. The minimum absolute atomic E-state index is 0.281. The zero-order valence-electron chi connectivity index (χ0n) is 22.0. The number of fused-ring (bicyclic) bond motifs is 2. The Morgan fingerprint density at radius 2 is 1.82 bits per heavy atom. The summed E-state index contributed by atoms with van der Waals surface area (Å²) in [6.45, 7) is 3.68. The lowest BCUT2D eigenvalue weighted by atomic mass is 10.1. The Hall–Kier alpha value is -5.56. The molecule has 0 aliphatic rings. The van der Waals surface area contributed by atoms with Crippen molar-refractivity contribution in [2.75, 3.05) is 0 Å². The number of rotatable bonds is 4. The van der Waals surface area contributed by atoms with Crippen LogP contribution in [-0.4, -0.2) is 39.8 Å². The lowest BCUT2D eigenvalue weighted by Gasteiger charge is -2.20. The normalized spacial score (nSPS) is 11.8. The number of aryl methyl sites for hydroxylation is 2. The fourth-order valence-corrected chi connectivity index (χ4v) is 4.60. The molecule has 0 spiro atoms. The largest absolute Gasteiger partial charge is 0.342 e. The fourth-order valence-electron chi connectivity index (χ4n) is 4.60. The molecule has 1 amide bonds. The van der Waals surface area contributed by atoms with Crippen molar-refractivity contribution >= 4 is 22.5 Å². The second kappa shape index (κ2) is 9.96. The van der Waals surface area contributed by atoms with Crippen molar-refractivity contribution in [1.29, 1.82) is 0 Å². The molecule has 0 fully saturated rings. The first-order chi connectivity index (χ1) is 19.4. The summed E-state index contributed by atoms with van der Waals surface area (Å²) in [6, 6.07) is 15.8. The van der Waals surface area contributed by atoms with Crippen molar-refractivity contribution in [2.24, 2.45) is 7.05 Å². The molecule has 10 heteroatoms. The zero-order valence-corrected chi connectivity index (χ0v) is 22.0. The van der Waals surface area contributed by atoms with Crippen LogP contribution >= 0.6 is 0 Å². The third kappa shape index (κ3) is 4.39. The SMILES string of the molecule is Cc1ccnc2c(C(=O)N[C@@H](C)c3nc4cccc(C#Cc5cnn(C)c5)c4c(=O)n3-c3ccccc3)cnn12. The summed E-state index contributed by atoms with van der Waals surface area (Å²) in [7, 11) is 1.82. The highest BCUT2D eigenvalue weighted by Gasteiger charge is 2.23. The van der Waals surface area contributed by atoms with Crippen LogP contribution < -0.4 is 10.9 Å². The smallest absolute Gasteiger partial charge is 0.267 e. The Kier molecular flexibility index (Phi) is 6.16. The Bertz CT molecular complexity index is 2030. The van der Waals surface area contributed by atoms with Crippen molar-refractivity contribution in [3.8, 4) is 17.5 Å². The molecule has 0 bridgehead atoms. The number of hydrogen-bond acceptors (Lipinski definition) is 6. The van der Waals surface area contributed by atoms with Crippen LogP contribution in [0.5, 0.6) is 0 Å². The van der Waals surface area contributed by atoms with E-state index in [4.69, 9.17) is 4.98 Å². The van der Waals surface area contributed by atoms with Gasteiger partial charge in [-0.15, -0.1) is 0 Å². The van der Waals surface area contributed by atoms with Crippen LogP contribution in [0.2, 0.25) is 0 Å². The van der Waals surface area contributed by atoms with Gasteiger partial charge in [0.25, 0.3) is 11.5 Å². The average Bonchev–Trinajstić information content (AvgIpc) is 3.59. The highest BCUT2D eigenvalue weighted by Crippen LogP contribution is 2.21. The maximum absolute atomic E-state index is 14.1. The Labute approximate surface area is 228 Å². The molecule has 2 aromatic carbocycles. The lowest BCUT2D eigenvalue weighted by Crippen LogP contribution is -2.33. The van der Waals surface area contributed by atoms with Crippen LogP contribution in [0.3, 0.4) is 0 Å². The number of carbonyl (C=O) groups is 1. The van der Waals surface area contributed by atoms with E-state index in [0.29, 0.717) is 39.2 Å². The Morgan fingerprint density at radius 3 is 2.60 bits per heavy atom. The molecule has 4 aromatic heterocycles. The molecule has 1 atom stereocenters. The molecule has 0 saturated heterocycles. The topological polar surface area (TPSA) is 112 Å². The molecule has 6 rings (SSSR count). The van der Waals surface area contributed by atoms with Gasteiger partial charge in [0.15, 0.2) is 5.65 Å². The summed E-state index contributed by atoms with van der Waals surface area (Å²) in [5, 5.41) is 11.8. The van der Waals surface area contributed by atoms with Crippen LogP contribution in [0.4, 0.5) is 0 Å². The molecule has 196 valence electrons. The number of para-hydroxylation sites is 1. The molecule has 0 saturated carbocycles. The standard InChI is InChI=1S/C30H24N8O2/c1-19-14-15-31-28-24(17-33-38(19)28)29(39)34-20(2)27-35-25-11-7-8-22(13-12-21-16-32-36(3)18-21)26(25)30(40)37(27)23-9-5-4-6-10-23/h4-11,14-18,20H,1-3H3,(H,34,39)/t20-/m0/s1. The van der Waals surface area contributed by atoms with E-state index < -0.39 is 6.04 Å². The minimum atomic E-state index is -0.630. The van der Waals surface area contributed by atoms with Gasteiger partial charge >= 0.3 is 0 Å². The number of nitrogens with zero attached hydrogens (tertiary/aromatic N) is 7. The predicted molar refractivity (Wildman–Crippen MR) is 150 cm³/mol. The maximum atomic E-state index is 14.1. The molecule has 0 unspecified atom stereocenters. The third-order valence-corrected chi connectivity index (χ3v) is 6.55. The van der Waals surface area contributed by atoms with Crippen molar-refractivity contribution in [1.82, 2.24) is 39.2 Å². The van der Waals surface area contributed by atoms with Crippen LogP contribution in [-0.2, 0) is 7.05 Å². The van der Waals surface area contributed by atoms with E-state index in [1.807, 2.05) is 62.6 Å². The predicted octanol–water partition coefficient (Wildman–Crippen LogP) is 3.36. The number of carbonyl (C=O) groups excluding carboxylic acids is 1. The molecule has 0 aliphatic heterocycles. The zero-order chi connectivity index (χ0) is 27.8. The van der Waals surface area contributed by atoms with Gasteiger partial charge in [-0.25, -0.2) is 14.5 Å². The van der Waals surface area contributed by atoms with Crippen molar-refractivity contribution in [3.63, 3.8) is 0 Å². The second-order valence-electron chi connectivity index (χ2n) is 9.37. The molecule has 0 aliphatic carbocycles. The molecule has 1 N–H and O–H groups in total. The first kappa shape index (κ1) is 24.8. The molecule has 0 radical (unpaired) electrons. The Balaban J connectivity index is 1.46. The van der Waals surface area contributed by atoms with E-state index in [9.17, 15) is 9.59 Å². The van der Waals surface area contributed by atoms with Crippen LogP contribution in [0, 0.1) is 18.8 Å². The van der Waals surface area contributed by atoms with E-state index >= 15 is 0 Å². The van der Waals surface area contributed by atoms with Gasteiger partial charge in [-0.2, -0.15) is 10.2 Å². The van der Waals surface area contributed by atoms with Gasteiger partial charge in [0, 0.05) is 30.7 Å². The van der Waals surface area contributed by atoms with E-state index in [1.54, 1.807) is 40.6 Å². The van der Waals surface area contributed by atoms with Crippen LogP contribution in [0.25, 0.3) is 22.2 Å². The van der Waals surface area contributed by atoms with Gasteiger partial charge in [-0.05, 0) is 44.2 Å². The van der Waals surface area contributed by atoms with E-state index in [1.165, 1.54) is 10.8 Å². The summed E-state index contributed by atoms with van der Waals surface area (Å²) in [6.07, 6.45) is 6.60. The lowest BCUT2D eigenvalue weighted by molar-refractivity contribution is 0.0939. The van der Waals surface area contributed by atoms with Crippen LogP contribution in [0.15, 0.2) is 84.2 Å². The monoisotopic (exact) mass is 528 g/mol. The molecular formula is C30H24N8O2. The summed E-state index contributed by atoms with van der Waals surface area (Å²) < 4.78 is 4.81. The van der Waals surface area contributed by atoms with Crippen LogP contribution in [0.1, 0.15) is 46.0 Å². The molecule has 40 heavy (non-hydrogen) atoms. The van der Waals surface area contributed by atoms with Gasteiger partial charge in [-0.1, -0.05) is 36.1 Å². The van der Waals surface area contributed by atoms with Gasteiger partial charge in [-0.3, -0.25) is 18.8 Å². The minimum Gasteiger partial charge on any atom is -0.342 e.